The van der Waals surface area contributed by atoms with E-state index < -0.39 is 0 Å². The molecule has 3 rings (SSSR count). The maximum Gasteiger partial charge on any atom is 0.159 e. The van der Waals surface area contributed by atoms with E-state index in [2.05, 4.69) is 34.1 Å². The van der Waals surface area contributed by atoms with Gasteiger partial charge in [-0.1, -0.05) is 0 Å². The molecule has 0 spiro atoms. The van der Waals surface area contributed by atoms with E-state index in [4.69, 9.17) is 0 Å². The summed E-state index contributed by atoms with van der Waals surface area (Å²) in [5.41, 5.74) is 4.21. The molecule has 3 heterocycles. The first-order chi connectivity index (χ1) is 10.1. The largest absolute Gasteiger partial charge is 0.361 e. The van der Waals surface area contributed by atoms with Crippen LogP contribution in [0.3, 0.4) is 0 Å². The molecule has 3 aromatic rings. The Morgan fingerprint density at radius 1 is 1.10 bits per heavy atom. The lowest BCUT2D eigenvalue weighted by atomic mass is 10.1. The van der Waals surface area contributed by atoms with E-state index in [1.807, 2.05) is 49.2 Å². The second-order valence-electron chi connectivity index (χ2n) is 5.38. The SMILES string of the molecule is CCn1nc(N(C)C)c2cc(-c3cncc(C)c3)cnc21. The lowest BCUT2D eigenvalue weighted by Gasteiger charge is -2.08. The molecule has 0 radical (unpaired) electrons. The topological polar surface area (TPSA) is 46.8 Å². The van der Waals surface area contributed by atoms with E-state index in [9.17, 15) is 0 Å². The van der Waals surface area contributed by atoms with Crippen molar-refractivity contribution in [3.05, 3.63) is 36.3 Å². The smallest absolute Gasteiger partial charge is 0.159 e. The second-order valence-corrected chi connectivity index (χ2v) is 5.38. The van der Waals surface area contributed by atoms with Crippen LogP contribution in [0.2, 0.25) is 0 Å². The lowest BCUT2D eigenvalue weighted by molar-refractivity contribution is 0.675. The van der Waals surface area contributed by atoms with E-state index in [1.54, 1.807) is 0 Å². The van der Waals surface area contributed by atoms with Gasteiger partial charge in [-0.25, -0.2) is 9.67 Å². The van der Waals surface area contributed by atoms with E-state index in [0.29, 0.717) is 0 Å². The number of aromatic nitrogens is 4. The first-order valence-electron chi connectivity index (χ1n) is 7.06. The highest BCUT2D eigenvalue weighted by Gasteiger charge is 2.13. The fraction of sp³-hybridized carbons (Fsp3) is 0.312. The Balaban J connectivity index is 2.21. The molecule has 0 aliphatic rings. The Hall–Kier alpha value is -2.43. The quantitative estimate of drug-likeness (QED) is 0.740. The van der Waals surface area contributed by atoms with Gasteiger partial charge in [0.25, 0.3) is 0 Å². The molecule has 0 aliphatic heterocycles. The van der Waals surface area contributed by atoms with Crippen LogP contribution in [0.5, 0.6) is 0 Å². The van der Waals surface area contributed by atoms with Crippen molar-refractivity contribution in [3.63, 3.8) is 0 Å². The maximum atomic E-state index is 4.62. The molecule has 0 saturated heterocycles. The number of anilines is 1. The number of pyridine rings is 2. The van der Waals surface area contributed by atoms with Crippen LogP contribution in [0, 0.1) is 6.92 Å². The standard InChI is InChI=1S/C16H19N5/c1-5-21-15-14(16(19-21)20(3)4)7-13(10-18-15)12-6-11(2)8-17-9-12/h6-10H,5H2,1-4H3. The first kappa shape index (κ1) is 13.5. The molecule has 0 fully saturated rings. The Bertz CT molecular complexity index is 788. The molecule has 0 unspecified atom stereocenters. The van der Waals surface area contributed by atoms with Crippen molar-refractivity contribution in [1.29, 1.82) is 0 Å². The van der Waals surface area contributed by atoms with E-state index >= 15 is 0 Å². The molecule has 0 saturated carbocycles. The number of rotatable bonds is 3. The second kappa shape index (κ2) is 5.16. The molecule has 0 N–H and O–H groups in total. The van der Waals surface area contributed by atoms with Crippen LogP contribution in [0.1, 0.15) is 12.5 Å². The summed E-state index contributed by atoms with van der Waals surface area (Å²) in [6.07, 6.45) is 5.62. The zero-order valence-electron chi connectivity index (χ0n) is 12.8. The maximum absolute atomic E-state index is 4.62. The molecule has 5 nitrogen and oxygen atoms in total. The van der Waals surface area contributed by atoms with Crippen molar-refractivity contribution in [1.82, 2.24) is 19.7 Å². The predicted octanol–water partition coefficient (Wildman–Crippen LogP) is 2.89. The van der Waals surface area contributed by atoms with Crippen LogP contribution >= 0.6 is 0 Å². The molecular formula is C16H19N5. The van der Waals surface area contributed by atoms with Gasteiger partial charge in [-0.2, -0.15) is 5.10 Å². The van der Waals surface area contributed by atoms with Gasteiger partial charge in [0.2, 0.25) is 0 Å². The predicted molar refractivity (Wildman–Crippen MR) is 85.5 cm³/mol. The summed E-state index contributed by atoms with van der Waals surface area (Å²) >= 11 is 0. The van der Waals surface area contributed by atoms with Crippen molar-refractivity contribution >= 4 is 16.9 Å². The van der Waals surface area contributed by atoms with Gasteiger partial charge in [0.1, 0.15) is 0 Å². The number of hydrogen-bond acceptors (Lipinski definition) is 4. The highest BCUT2D eigenvalue weighted by Crippen LogP contribution is 2.28. The van der Waals surface area contributed by atoms with Crippen LogP contribution in [0.4, 0.5) is 5.82 Å². The van der Waals surface area contributed by atoms with Crippen molar-refractivity contribution in [2.45, 2.75) is 20.4 Å². The van der Waals surface area contributed by atoms with Crippen LogP contribution in [-0.2, 0) is 6.54 Å². The lowest BCUT2D eigenvalue weighted by Crippen LogP contribution is -2.10. The summed E-state index contributed by atoms with van der Waals surface area (Å²) in [6, 6.07) is 4.27. The van der Waals surface area contributed by atoms with Gasteiger partial charge in [-0.15, -0.1) is 0 Å². The Kier molecular flexibility index (Phi) is 3.33. The van der Waals surface area contributed by atoms with Crippen molar-refractivity contribution < 1.29 is 0 Å². The summed E-state index contributed by atoms with van der Waals surface area (Å²) < 4.78 is 1.93. The summed E-state index contributed by atoms with van der Waals surface area (Å²) in [7, 11) is 4.01. The third kappa shape index (κ3) is 2.35. The average molecular weight is 281 g/mol. The summed E-state index contributed by atoms with van der Waals surface area (Å²) in [4.78, 5) is 10.9. The molecule has 0 aliphatic carbocycles. The molecule has 0 amide bonds. The normalized spacial score (nSPS) is 11.0. The molecule has 108 valence electrons. The number of hydrogen-bond donors (Lipinski definition) is 0. The number of fused-ring (bicyclic) bond motifs is 1. The third-order valence-electron chi connectivity index (χ3n) is 3.50. The Morgan fingerprint density at radius 3 is 2.52 bits per heavy atom. The van der Waals surface area contributed by atoms with Crippen molar-refractivity contribution in [2.75, 3.05) is 19.0 Å². The van der Waals surface area contributed by atoms with Gasteiger partial charge < -0.3 is 4.90 Å². The average Bonchev–Trinajstić information content (AvgIpc) is 2.85. The first-order valence-corrected chi connectivity index (χ1v) is 7.06. The van der Waals surface area contributed by atoms with Gasteiger partial charge >= 0.3 is 0 Å². The van der Waals surface area contributed by atoms with Gasteiger partial charge in [0.15, 0.2) is 11.5 Å². The van der Waals surface area contributed by atoms with Crippen molar-refractivity contribution in [3.8, 4) is 11.1 Å². The van der Waals surface area contributed by atoms with Crippen LogP contribution in [0.25, 0.3) is 22.2 Å². The fourth-order valence-corrected chi connectivity index (χ4v) is 2.46. The number of aryl methyl sites for hydroxylation is 2. The van der Waals surface area contributed by atoms with Gasteiger partial charge in [-0.3, -0.25) is 4.98 Å². The minimum absolute atomic E-state index is 0.808. The van der Waals surface area contributed by atoms with Gasteiger partial charge in [0, 0.05) is 50.4 Å². The molecule has 5 heteroatoms. The molecule has 0 bridgehead atoms. The molecule has 3 aromatic heterocycles. The Labute approximate surface area is 124 Å². The van der Waals surface area contributed by atoms with Crippen LogP contribution < -0.4 is 4.90 Å². The molecule has 0 aromatic carbocycles. The van der Waals surface area contributed by atoms with Gasteiger partial charge in [0.05, 0.1) is 5.39 Å². The van der Waals surface area contributed by atoms with Gasteiger partial charge in [-0.05, 0) is 31.5 Å². The minimum atomic E-state index is 0.808. The molecule has 21 heavy (non-hydrogen) atoms. The zero-order chi connectivity index (χ0) is 15.0. The third-order valence-corrected chi connectivity index (χ3v) is 3.50. The molecule has 0 atom stereocenters. The monoisotopic (exact) mass is 281 g/mol. The Morgan fingerprint density at radius 2 is 1.86 bits per heavy atom. The minimum Gasteiger partial charge on any atom is -0.361 e. The van der Waals surface area contributed by atoms with E-state index in [1.165, 1.54) is 0 Å². The van der Waals surface area contributed by atoms with Crippen LogP contribution in [0.15, 0.2) is 30.7 Å². The highest BCUT2D eigenvalue weighted by atomic mass is 15.4. The highest BCUT2D eigenvalue weighted by molar-refractivity contribution is 5.91. The summed E-state index contributed by atoms with van der Waals surface area (Å²) in [5, 5.41) is 5.69. The summed E-state index contributed by atoms with van der Waals surface area (Å²) in [6.45, 7) is 4.93. The van der Waals surface area contributed by atoms with Crippen LogP contribution in [-0.4, -0.2) is 33.8 Å². The molecular weight excluding hydrogens is 262 g/mol. The van der Waals surface area contributed by atoms with Crippen molar-refractivity contribution in [2.24, 2.45) is 0 Å². The number of nitrogens with zero attached hydrogens (tertiary/aromatic N) is 5. The zero-order valence-corrected chi connectivity index (χ0v) is 12.8. The van der Waals surface area contributed by atoms with E-state index in [-0.39, 0.29) is 0 Å². The fourth-order valence-electron chi connectivity index (χ4n) is 2.46. The van der Waals surface area contributed by atoms with E-state index in [0.717, 1.165) is 40.1 Å². The summed E-state index contributed by atoms with van der Waals surface area (Å²) in [5.74, 6) is 0.946.